The van der Waals surface area contributed by atoms with Gasteiger partial charge in [0.2, 0.25) is 5.91 Å². The van der Waals surface area contributed by atoms with Crippen LogP contribution in [0.5, 0.6) is 0 Å². The predicted molar refractivity (Wildman–Crippen MR) is 126 cm³/mol. The first-order valence-electron chi connectivity index (χ1n) is 10.4. The third-order valence-electron chi connectivity index (χ3n) is 5.34. The third-order valence-corrected chi connectivity index (χ3v) is 6.25. The first-order valence-corrected chi connectivity index (χ1v) is 11.2. The van der Waals surface area contributed by atoms with Crippen molar-refractivity contribution in [2.45, 2.75) is 20.0 Å². The lowest BCUT2D eigenvalue weighted by atomic mass is 10.1. The van der Waals surface area contributed by atoms with Crippen LogP contribution in [0.1, 0.15) is 22.5 Å². The zero-order chi connectivity index (χ0) is 25.3. The summed E-state index contributed by atoms with van der Waals surface area (Å²) >= 11 is 0.650. The number of aryl methyl sites for hydroxylation is 2. The van der Waals surface area contributed by atoms with Gasteiger partial charge in [0, 0.05) is 17.3 Å². The quantitative estimate of drug-likeness (QED) is 0.419. The zero-order valence-electron chi connectivity index (χ0n) is 18.6. The lowest BCUT2D eigenvalue weighted by Crippen LogP contribution is -2.36. The van der Waals surface area contributed by atoms with Gasteiger partial charge in [-0.15, -0.1) is 0 Å². The van der Waals surface area contributed by atoms with E-state index in [1.807, 2.05) is 19.9 Å². The minimum atomic E-state index is -4.49. The van der Waals surface area contributed by atoms with Gasteiger partial charge in [-0.1, -0.05) is 18.2 Å². The molecule has 0 bridgehead atoms. The molecule has 0 spiro atoms. The summed E-state index contributed by atoms with van der Waals surface area (Å²) in [5, 5.41) is 2.06. The Balaban J connectivity index is 1.46. The zero-order valence-corrected chi connectivity index (χ0v) is 19.4. The van der Waals surface area contributed by atoms with E-state index in [9.17, 15) is 27.6 Å². The lowest BCUT2D eigenvalue weighted by Gasteiger charge is -2.13. The van der Waals surface area contributed by atoms with Crippen LogP contribution in [0.3, 0.4) is 0 Å². The molecule has 180 valence electrons. The molecule has 10 heteroatoms. The summed E-state index contributed by atoms with van der Waals surface area (Å²) < 4.78 is 44.5. The molecule has 1 aromatic heterocycles. The van der Waals surface area contributed by atoms with Crippen LogP contribution in [-0.4, -0.2) is 28.5 Å². The molecule has 3 amide bonds. The van der Waals surface area contributed by atoms with Crippen molar-refractivity contribution in [1.29, 1.82) is 0 Å². The number of halogens is 3. The maximum atomic E-state index is 13.0. The number of anilines is 1. The monoisotopic (exact) mass is 500 g/mol. The van der Waals surface area contributed by atoms with Crippen LogP contribution in [0.2, 0.25) is 0 Å². The summed E-state index contributed by atoms with van der Waals surface area (Å²) in [6, 6.07) is 13.0. The minimum Gasteiger partial charge on any atom is -0.457 e. The summed E-state index contributed by atoms with van der Waals surface area (Å²) in [6.07, 6.45) is -3.17. The number of amides is 3. The van der Waals surface area contributed by atoms with Gasteiger partial charge in [-0.2, -0.15) is 13.2 Å². The van der Waals surface area contributed by atoms with Crippen molar-refractivity contribution in [2.24, 2.45) is 0 Å². The van der Waals surface area contributed by atoms with Crippen molar-refractivity contribution >= 4 is 40.6 Å². The SMILES string of the molecule is Cc1ccc(NC(=O)CN2C(=O)S/C(=C/c3ccc(-c4cccc(C(F)(F)F)c4)o3)C2=O)cc1C. The van der Waals surface area contributed by atoms with Crippen LogP contribution >= 0.6 is 11.8 Å². The largest absolute Gasteiger partial charge is 0.457 e. The number of carbonyl (C=O) groups excluding carboxylic acids is 3. The number of nitrogens with zero attached hydrogens (tertiary/aromatic N) is 1. The second kappa shape index (κ2) is 9.46. The van der Waals surface area contributed by atoms with Gasteiger partial charge in [-0.05, 0) is 73.1 Å². The number of furan rings is 1. The topological polar surface area (TPSA) is 79.6 Å². The van der Waals surface area contributed by atoms with E-state index in [0.717, 1.165) is 28.2 Å². The fourth-order valence-electron chi connectivity index (χ4n) is 3.36. The Morgan fingerprint density at radius 2 is 1.83 bits per heavy atom. The van der Waals surface area contributed by atoms with Crippen LogP contribution in [0.4, 0.5) is 23.7 Å². The fraction of sp³-hybridized carbons (Fsp3) is 0.160. The number of hydrogen-bond acceptors (Lipinski definition) is 5. The molecule has 0 unspecified atom stereocenters. The normalized spacial score (nSPS) is 15.2. The second-order valence-corrected chi connectivity index (χ2v) is 8.89. The molecule has 3 aromatic rings. The molecule has 35 heavy (non-hydrogen) atoms. The van der Waals surface area contributed by atoms with E-state index in [1.165, 1.54) is 30.3 Å². The fourth-order valence-corrected chi connectivity index (χ4v) is 4.18. The Morgan fingerprint density at radius 3 is 2.54 bits per heavy atom. The lowest BCUT2D eigenvalue weighted by molar-refractivity contribution is -0.137. The van der Waals surface area contributed by atoms with E-state index in [4.69, 9.17) is 4.42 Å². The van der Waals surface area contributed by atoms with Gasteiger partial charge in [0.15, 0.2) is 0 Å². The number of imide groups is 1. The second-order valence-electron chi connectivity index (χ2n) is 7.90. The minimum absolute atomic E-state index is 0.0407. The highest BCUT2D eigenvalue weighted by Crippen LogP contribution is 2.35. The molecule has 0 atom stereocenters. The van der Waals surface area contributed by atoms with Gasteiger partial charge >= 0.3 is 6.18 Å². The van der Waals surface area contributed by atoms with Crippen LogP contribution in [0, 0.1) is 13.8 Å². The average Bonchev–Trinajstić information content (AvgIpc) is 3.36. The Kier molecular flexibility index (Phi) is 6.58. The first kappa shape index (κ1) is 24.3. The maximum Gasteiger partial charge on any atom is 0.416 e. The number of nitrogens with one attached hydrogen (secondary N) is 1. The third kappa shape index (κ3) is 5.48. The van der Waals surface area contributed by atoms with Gasteiger partial charge in [0.25, 0.3) is 11.1 Å². The summed E-state index contributed by atoms with van der Waals surface area (Å²) in [5.41, 5.74) is 2.01. The standard InChI is InChI=1S/C25H19F3N2O4S/c1-14-6-7-18(10-15(14)2)29-22(31)13-30-23(32)21(35-24(30)33)12-19-8-9-20(34-19)16-4-3-5-17(11-16)25(26,27)28/h3-12H,13H2,1-2H3,(H,29,31)/b21-12+. The van der Waals surface area contributed by atoms with Crippen LogP contribution in [-0.2, 0) is 15.8 Å². The summed E-state index contributed by atoms with van der Waals surface area (Å²) in [7, 11) is 0. The smallest absolute Gasteiger partial charge is 0.416 e. The number of thioether (sulfide) groups is 1. The highest BCUT2D eigenvalue weighted by Gasteiger charge is 2.36. The highest BCUT2D eigenvalue weighted by atomic mass is 32.2. The van der Waals surface area contributed by atoms with Gasteiger partial charge in [0.1, 0.15) is 18.1 Å². The molecule has 6 nitrogen and oxygen atoms in total. The van der Waals surface area contributed by atoms with Crippen LogP contribution < -0.4 is 5.32 Å². The maximum absolute atomic E-state index is 13.0. The van der Waals surface area contributed by atoms with Crippen molar-refractivity contribution in [3.8, 4) is 11.3 Å². The molecule has 1 fully saturated rings. The molecule has 4 rings (SSSR count). The van der Waals surface area contributed by atoms with Crippen molar-refractivity contribution in [3.05, 3.63) is 82.0 Å². The molecule has 0 radical (unpaired) electrons. The van der Waals surface area contributed by atoms with Gasteiger partial charge in [0.05, 0.1) is 10.5 Å². The highest BCUT2D eigenvalue weighted by molar-refractivity contribution is 8.18. The first-order chi connectivity index (χ1) is 16.5. The van der Waals surface area contributed by atoms with E-state index in [0.29, 0.717) is 17.4 Å². The molecule has 1 aliphatic rings. The Hall–Kier alpha value is -3.79. The number of benzene rings is 2. The van der Waals surface area contributed by atoms with Crippen molar-refractivity contribution in [1.82, 2.24) is 4.90 Å². The molecule has 2 heterocycles. The summed E-state index contributed by atoms with van der Waals surface area (Å²) in [5.74, 6) is -0.828. The number of carbonyl (C=O) groups is 3. The summed E-state index contributed by atoms with van der Waals surface area (Å²) in [4.78, 5) is 38.3. The molecule has 0 saturated carbocycles. The van der Waals surface area contributed by atoms with Crippen molar-refractivity contribution in [3.63, 3.8) is 0 Å². The molecular formula is C25H19F3N2O4S. The Labute approximate surface area is 202 Å². The molecular weight excluding hydrogens is 481 g/mol. The summed E-state index contributed by atoms with van der Waals surface area (Å²) in [6.45, 7) is 3.39. The van der Waals surface area contributed by atoms with E-state index in [-0.39, 0.29) is 22.0 Å². The number of alkyl halides is 3. The van der Waals surface area contributed by atoms with Crippen molar-refractivity contribution in [2.75, 3.05) is 11.9 Å². The van der Waals surface area contributed by atoms with E-state index in [1.54, 1.807) is 12.1 Å². The number of rotatable bonds is 5. The van der Waals surface area contributed by atoms with Crippen LogP contribution in [0.15, 0.2) is 63.9 Å². The number of hydrogen-bond donors (Lipinski definition) is 1. The van der Waals surface area contributed by atoms with E-state index < -0.39 is 35.3 Å². The molecule has 1 N–H and O–H groups in total. The van der Waals surface area contributed by atoms with E-state index in [2.05, 4.69) is 5.32 Å². The predicted octanol–water partition coefficient (Wildman–Crippen LogP) is 6.26. The molecule has 1 saturated heterocycles. The average molecular weight is 500 g/mol. The van der Waals surface area contributed by atoms with Gasteiger partial charge < -0.3 is 9.73 Å². The molecule has 2 aromatic carbocycles. The molecule has 0 aliphatic carbocycles. The van der Waals surface area contributed by atoms with Crippen LogP contribution in [0.25, 0.3) is 17.4 Å². The Bertz CT molecular complexity index is 1360. The Morgan fingerprint density at radius 1 is 1.06 bits per heavy atom. The molecule has 1 aliphatic heterocycles. The van der Waals surface area contributed by atoms with Gasteiger partial charge in [-0.3, -0.25) is 19.3 Å². The van der Waals surface area contributed by atoms with Gasteiger partial charge in [-0.25, -0.2) is 0 Å². The van der Waals surface area contributed by atoms with Crippen molar-refractivity contribution < 1.29 is 32.0 Å². The van der Waals surface area contributed by atoms with E-state index >= 15 is 0 Å².